The first-order chi connectivity index (χ1) is 14.3. The normalized spacial score (nSPS) is 27.0. The standard InChI is InChI=1S/C26H25NO2/c28-23-8-4-7-22-25(18-13-19-10-11-20(14-18)27-19)21-12-9-17(15-24(21)29-26(22)23)16-5-2-1-3-6-16/h1-9,12,15,18-20,25,27-28H,10-11,13-14H2. The molecule has 3 aliphatic heterocycles. The van der Waals surface area contributed by atoms with Crippen LogP contribution in [0.15, 0.2) is 66.7 Å². The minimum atomic E-state index is 0.236. The summed E-state index contributed by atoms with van der Waals surface area (Å²) in [5.74, 6) is 2.60. The quantitative estimate of drug-likeness (QED) is 0.585. The van der Waals surface area contributed by atoms with E-state index in [-0.39, 0.29) is 11.7 Å². The highest BCUT2D eigenvalue weighted by atomic mass is 16.5. The smallest absolute Gasteiger partial charge is 0.172 e. The molecule has 6 rings (SSSR count). The van der Waals surface area contributed by atoms with Gasteiger partial charge in [0.05, 0.1) is 0 Å². The number of ether oxygens (including phenoxy) is 1. The second-order valence-corrected chi connectivity index (χ2v) is 8.76. The van der Waals surface area contributed by atoms with Crippen LogP contribution in [0.25, 0.3) is 11.1 Å². The summed E-state index contributed by atoms with van der Waals surface area (Å²) in [6.45, 7) is 0. The van der Waals surface area contributed by atoms with Gasteiger partial charge >= 0.3 is 0 Å². The Balaban J connectivity index is 1.47. The Kier molecular flexibility index (Phi) is 3.91. The fourth-order valence-electron chi connectivity index (χ4n) is 5.75. The summed E-state index contributed by atoms with van der Waals surface area (Å²) in [5, 5.41) is 14.3. The summed E-state index contributed by atoms with van der Waals surface area (Å²) in [7, 11) is 0. The number of hydrogen-bond acceptors (Lipinski definition) is 3. The van der Waals surface area contributed by atoms with Crippen molar-refractivity contribution in [1.29, 1.82) is 0 Å². The predicted octanol–water partition coefficient (Wildman–Crippen LogP) is 5.83. The van der Waals surface area contributed by atoms with E-state index in [0.29, 0.717) is 23.8 Å². The highest BCUT2D eigenvalue weighted by Gasteiger charge is 2.41. The Morgan fingerprint density at radius 1 is 0.793 bits per heavy atom. The average molecular weight is 383 g/mol. The van der Waals surface area contributed by atoms with Crippen molar-refractivity contribution in [2.75, 3.05) is 0 Å². The molecule has 146 valence electrons. The van der Waals surface area contributed by atoms with Gasteiger partial charge in [-0.2, -0.15) is 0 Å². The highest BCUT2D eigenvalue weighted by molar-refractivity contribution is 5.69. The molecule has 0 radical (unpaired) electrons. The lowest BCUT2D eigenvalue weighted by atomic mass is 9.73. The molecule has 3 heterocycles. The number of hydrogen-bond donors (Lipinski definition) is 2. The van der Waals surface area contributed by atoms with E-state index in [2.05, 4.69) is 53.8 Å². The molecule has 2 fully saturated rings. The van der Waals surface area contributed by atoms with E-state index < -0.39 is 0 Å². The van der Waals surface area contributed by atoms with Crippen molar-refractivity contribution in [3.8, 4) is 28.4 Å². The maximum absolute atomic E-state index is 10.6. The Hall–Kier alpha value is -2.78. The lowest BCUT2D eigenvalue weighted by molar-refractivity contribution is 0.265. The second kappa shape index (κ2) is 6.64. The number of para-hydroxylation sites is 1. The molecule has 0 spiro atoms. The molecule has 3 unspecified atom stereocenters. The van der Waals surface area contributed by atoms with Gasteiger partial charge in [0.1, 0.15) is 5.75 Å². The van der Waals surface area contributed by atoms with E-state index in [1.54, 1.807) is 6.07 Å². The van der Waals surface area contributed by atoms with Crippen LogP contribution < -0.4 is 10.1 Å². The first kappa shape index (κ1) is 17.1. The van der Waals surface area contributed by atoms with Gasteiger partial charge in [-0.1, -0.05) is 54.6 Å². The molecule has 2 bridgehead atoms. The zero-order valence-electron chi connectivity index (χ0n) is 16.3. The van der Waals surface area contributed by atoms with Crippen LogP contribution in [-0.4, -0.2) is 17.2 Å². The van der Waals surface area contributed by atoms with Crippen LogP contribution in [0.4, 0.5) is 0 Å². The van der Waals surface area contributed by atoms with Crippen LogP contribution in [0.5, 0.6) is 17.2 Å². The fraction of sp³-hybridized carbons (Fsp3) is 0.308. The minimum Gasteiger partial charge on any atom is -0.504 e. The van der Waals surface area contributed by atoms with Crippen LogP contribution in [0, 0.1) is 5.92 Å². The first-order valence-corrected chi connectivity index (χ1v) is 10.7. The van der Waals surface area contributed by atoms with E-state index in [4.69, 9.17) is 4.74 Å². The van der Waals surface area contributed by atoms with Crippen molar-refractivity contribution in [2.45, 2.75) is 43.7 Å². The maximum atomic E-state index is 10.6. The van der Waals surface area contributed by atoms with Crippen LogP contribution in [0.3, 0.4) is 0 Å². The van der Waals surface area contributed by atoms with Crippen LogP contribution >= 0.6 is 0 Å². The molecule has 2 N–H and O–H groups in total. The number of rotatable bonds is 2. The van der Waals surface area contributed by atoms with Gasteiger partial charge in [-0.25, -0.2) is 0 Å². The summed E-state index contributed by atoms with van der Waals surface area (Å²) in [6.07, 6.45) is 4.96. The molecule has 3 aliphatic rings. The van der Waals surface area contributed by atoms with Gasteiger partial charge in [-0.05, 0) is 54.9 Å². The van der Waals surface area contributed by atoms with Crippen molar-refractivity contribution in [3.63, 3.8) is 0 Å². The third kappa shape index (κ3) is 2.84. The van der Waals surface area contributed by atoms with Crippen molar-refractivity contribution in [3.05, 3.63) is 77.9 Å². The minimum absolute atomic E-state index is 0.236. The SMILES string of the molecule is Oc1cccc2c1Oc1cc(-c3ccccc3)ccc1C2C1CC2CCC(C1)N2. The summed E-state index contributed by atoms with van der Waals surface area (Å²) in [5.41, 5.74) is 4.72. The third-order valence-corrected chi connectivity index (χ3v) is 7.01. The molecule has 3 nitrogen and oxygen atoms in total. The van der Waals surface area contributed by atoms with Gasteiger partial charge in [0, 0.05) is 29.1 Å². The Labute approximate surface area is 171 Å². The molecular weight excluding hydrogens is 358 g/mol. The zero-order chi connectivity index (χ0) is 19.4. The summed E-state index contributed by atoms with van der Waals surface area (Å²) >= 11 is 0. The van der Waals surface area contributed by atoms with Gasteiger partial charge in [-0.15, -0.1) is 0 Å². The molecule has 3 aromatic rings. The van der Waals surface area contributed by atoms with Gasteiger partial charge in [0.25, 0.3) is 0 Å². The number of fused-ring (bicyclic) bond motifs is 4. The number of phenolic OH excluding ortho intramolecular Hbond substituents is 1. The van der Waals surface area contributed by atoms with Crippen molar-refractivity contribution >= 4 is 0 Å². The Morgan fingerprint density at radius 3 is 2.38 bits per heavy atom. The van der Waals surface area contributed by atoms with Crippen LogP contribution in [0.1, 0.15) is 42.7 Å². The molecular formula is C26H25NO2. The van der Waals surface area contributed by atoms with Crippen LogP contribution in [0.2, 0.25) is 0 Å². The monoisotopic (exact) mass is 383 g/mol. The molecule has 0 saturated carbocycles. The molecule has 0 aliphatic carbocycles. The van der Waals surface area contributed by atoms with Gasteiger partial charge in [-0.3, -0.25) is 0 Å². The highest BCUT2D eigenvalue weighted by Crippen LogP contribution is 2.54. The average Bonchev–Trinajstić information content (AvgIpc) is 3.10. The molecule has 2 saturated heterocycles. The largest absolute Gasteiger partial charge is 0.504 e. The molecule has 3 atom stereocenters. The van der Waals surface area contributed by atoms with Crippen molar-refractivity contribution in [2.24, 2.45) is 5.92 Å². The molecule has 3 heteroatoms. The van der Waals surface area contributed by atoms with E-state index in [1.807, 2.05) is 12.1 Å². The molecule has 0 amide bonds. The van der Waals surface area contributed by atoms with Gasteiger partial charge < -0.3 is 15.2 Å². The summed E-state index contributed by atoms with van der Waals surface area (Å²) in [4.78, 5) is 0. The molecule has 29 heavy (non-hydrogen) atoms. The zero-order valence-corrected chi connectivity index (χ0v) is 16.3. The van der Waals surface area contributed by atoms with Crippen LogP contribution in [-0.2, 0) is 0 Å². The molecule has 3 aromatic carbocycles. The number of aromatic hydroxyl groups is 1. The van der Waals surface area contributed by atoms with E-state index in [9.17, 15) is 5.11 Å². The second-order valence-electron chi connectivity index (χ2n) is 8.76. The topological polar surface area (TPSA) is 41.5 Å². The number of phenols is 1. The predicted molar refractivity (Wildman–Crippen MR) is 115 cm³/mol. The lowest BCUT2D eigenvalue weighted by Crippen LogP contribution is -2.40. The van der Waals surface area contributed by atoms with Gasteiger partial charge in [0.2, 0.25) is 0 Å². The third-order valence-electron chi connectivity index (χ3n) is 7.01. The van der Waals surface area contributed by atoms with Crippen molar-refractivity contribution in [1.82, 2.24) is 5.32 Å². The molecule has 0 aromatic heterocycles. The fourth-order valence-corrected chi connectivity index (χ4v) is 5.75. The van der Waals surface area contributed by atoms with E-state index >= 15 is 0 Å². The summed E-state index contributed by atoms with van der Waals surface area (Å²) in [6, 6.07) is 24.1. The van der Waals surface area contributed by atoms with Gasteiger partial charge in [0.15, 0.2) is 11.5 Å². The number of benzene rings is 3. The Morgan fingerprint density at radius 2 is 1.59 bits per heavy atom. The number of piperidine rings is 1. The number of nitrogens with one attached hydrogen (secondary N) is 1. The van der Waals surface area contributed by atoms with E-state index in [0.717, 1.165) is 16.9 Å². The van der Waals surface area contributed by atoms with E-state index in [1.165, 1.54) is 36.8 Å². The summed E-state index contributed by atoms with van der Waals surface area (Å²) < 4.78 is 6.30. The Bertz CT molecular complexity index is 1050. The lowest BCUT2D eigenvalue weighted by Gasteiger charge is -2.38. The maximum Gasteiger partial charge on any atom is 0.172 e. The first-order valence-electron chi connectivity index (χ1n) is 10.7. The van der Waals surface area contributed by atoms with Crippen molar-refractivity contribution < 1.29 is 9.84 Å².